The van der Waals surface area contributed by atoms with E-state index in [1.807, 2.05) is 30.3 Å². The van der Waals surface area contributed by atoms with Crippen LogP contribution >= 0.6 is 11.6 Å². The average Bonchev–Trinajstić information content (AvgIpc) is 2.54. The van der Waals surface area contributed by atoms with Gasteiger partial charge in [-0.05, 0) is 23.7 Å². The molecule has 0 aromatic heterocycles. The van der Waals surface area contributed by atoms with Crippen LogP contribution in [-0.2, 0) is 4.84 Å². The molecule has 0 atom stereocenters. The van der Waals surface area contributed by atoms with Crippen LogP contribution in [0.2, 0.25) is 0 Å². The Kier molecular flexibility index (Phi) is 1.89. The molecule has 0 unspecified atom stereocenters. The quantitative estimate of drug-likeness (QED) is 0.719. The number of rotatable bonds is 1. The summed E-state index contributed by atoms with van der Waals surface area (Å²) in [6.07, 6.45) is 1.66. The summed E-state index contributed by atoms with van der Waals surface area (Å²) < 4.78 is 0. The Bertz CT molecular complexity index is 299. The highest BCUT2D eigenvalue weighted by Crippen LogP contribution is 2.18. The summed E-state index contributed by atoms with van der Waals surface area (Å²) in [6, 6.07) is 9.73. The monoisotopic (exact) mass is 182 g/mol. The molecule has 2 rings (SSSR count). The third-order valence-corrected chi connectivity index (χ3v) is 1.68. The fraction of sp³-hybridized carbons (Fsp3) is 0. The molecule has 0 radical (unpaired) electrons. The summed E-state index contributed by atoms with van der Waals surface area (Å²) in [6.45, 7) is 0. The molecule has 0 aliphatic carbocycles. The highest BCUT2D eigenvalue weighted by atomic mass is 35.5. The summed E-state index contributed by atoms with van der Waals surface area (Å²) in [7, 11) is 0. The van der Waals surface area contributed by atoms with Gasteiger partial charge in [-0.3, -0.25) is 0 Å². The van der Waals surface area contributed by atoms with Gasteiger partial charge in [0.1, 0.15) is 0 Å². The number of nitrogens with one attached hydrogen (secondary N) is 1. The summed E-state index contributed by atoms with van der Waals surface area (Å²) in [4.78, 5) is 4.82. The van der Waals surface area contributed by atoms with E-state index in [0.29, 0.717) is 5.22 Å². The zero-order valence-corrected chi connectivity index (χ0v) is 6.95. The molecule has 4 heteroatoms. The molecule has 1 aromatic carbocycles. The lowest BCUT2D eigenvalue weighted by molar-refractivity contribution is 0.149. The van der Waals surface area contributed by atoms with Gasteiger partial charge >= 0.3 is 0 Å². The molecule has 0 bridgehead atoms. The van der Waals surface area contributed by atoms with E-state index in [4.69, 9.17) is 16.4 Å². The van der Waals surface area contributed by atoms with E-state index in [1.165, 1.54) is 0 Å². The minimum atomic E-state index is 0.332. The van der Waals surface area contributed by atoms with E-state index in [9.17, 15) is 0 Å². The third kappa shape index (κ3) is 1.37. The van der Waals surface area contributed by atoms with Gasteiger partial charge in [-0.15, -0.1) is 0 Å². The van der Waals surface area contributed by atoms with Gasteiger partial charge in [-0.2, -0.15) is 0 Å². The molecule has 1 heterocycles. The molecule has 1 aromatic rings. The highest BCUT2D eigenvalue weighted by Gasteiger charge is 2.11. The van der Waals surface area contributed by atoms with Crippen LogP contribution in [0.5, 0.6) is 0 Å². The summed E-state index contributed by atoms with van der Waals surface area (Å²) in [5.74, 6) is 0. The van der Waals surface area contributed by atoms with Crippen molar-refractivity contribution in [2.75, 3.05) is 5.01 Å². The normalized spacial score (nSPS) is 15.8. The lowest BCUT2D eigenvalue weighted by Crippen LogP contribution is -2.26. The van der Waals surface area contributed by atoms with Crippen LogP contribution in [-0.4, -0.2) is 0 Å². The van der Waals surface area contributed by atoms with E-state index in [-0.39, 0.29) is 0 Å². The first kappa shape index (κ1) is 7.46. The van der Waals surface area contributed by atoms with E-state index in [1.54, 1.807) is 11.2 Å². The van der Waals surface area contributed by atoms with Gasteiger partial charge < -0.3 is 4.84 Å². The van der Waals surface area contributed by atoms with Crippen molar-refractivity contribution < 1.29 is 4.84 Å². The maximum Gasteiger partial charge on any atom is 0.233 e. The number of halogens is 1. The highest BCUT2D eigenvalue weighted by molar-refractivity contribution is 6.28. The first-order valence-electron chi connectivity index (χ1n) is 3.50. The topological polar surface area (TPSA) is 24.5 Å². The summed E-state index contributed by atoms with van der Waals surface area (Å²) in [5, 5.41) is 2.03. The minimum absolute atomic E-state index is 0.332. The SMILES string of the molecule is ClC1=CN(c2ccccc2)NO1. The van der Waals surface area contributed by atoms with Gasteiger partial charge in [0.05, 0.1) is 11.9 Å². The average molecular weight is 183 g/mol. The fourth-order valence-corrected chi connectivity index (χ4v) is 1.09. The Hall–Kier alpha value is -1.19. The van der Waals surface area contributed by atoms with Crippen LogP contribution in [0, 0.1) is 0 Å². The lowest BCUT2D eigenvalue weighted by atomic mass is 10.3. The molecule has 62 valence electrons. The van der Waals surface area contributed by atoms with Gasteiger partial charge in [0.25, 0.3) is 0 Å². The molecule has 1 aliphatic heterocycles. The Morgan fingerprint density at radius 3 is 2.58 bits per heavy atom. The molecular formula is C8H7ClN2O. The second-order valence-corrected chi connectivity index (χ2v) is 2.70. The van der Waals surface area contributed by atoms with Gasteiger partial charge in [-0.25, -0.2) is 5.01 Å². The number of para-hydroxylation sites is 1. The van der Waals surface area contributed by atoms with Crippen molar-refractivity contribution in [2.24, 2.45) is 0 Å². The van der Waals surface area contributed by atoms with Crippen LogP contribution in [0.25, 0.3) is 0 Å². The summed E-state index contributed by atoms with van der Waals surface area (Å²) >= 11 is 5.59. The number of hydrogen-bond acceptors (Lipinski definition) is 3. The predicted octanol–water partition coefficient (Wildman–Crippen LogP) is 1.98. The number of benzene rings is 1. The molecule has 3 nitrogen and oxygen atoms in total. The zero-order chi connectivity index (χ0) is 8.39. The zero-order valence-electron chi connectivity index (χ0n) is 6.20. The van der Waals surface area contributed by atoms with Crippen molar-refractivity contribution in [3.8, 4) is 0 Å². The first-order chi connectivity index (χ1) is 5.86. The number of nitrogens with zero attached hydrogens (tertiary/aromatic N) is 1. The van der Waals surface area contributed by atoms with Crippen LogP contribution in [0.15, 0.2) is 41.8 Å². The Morgan fingerprint density at radius 1 is 1.25 bits per heavy atom. The number of anilines is 1. The van der Waals surface area contributed by atoms with E-state index >= 15 is 0 Å². The Morgan fingerprint density at radius 2 is 2.00 bits per heavy atom. The molecule has 0 spiro atoms. The van der Waals surface area contributed by atoms with Gasteiger partial charge in [0.2, 0.25) is 5.22 Å². The van der Waals surface area contributed by atoms with Crippen molar-refractivity contribution in [1.29, 1.82) is 0 Å². The van der Waals surface area contributed by atoms with Crippen LogP contribution in [0.4, 0.5) is 5.69 Å². The molecule has 0 fully saturated rings. The van der Waals surface area contributed by atoms with Crippen molar-refractivity contribution >= 4 is 17.3 Å². The standard InChI is InChI=1S/C8H7ClN2O/c9-8-6-11(10-12-8)7-4-2-1-3-5-7/h1-6,10H. The second-order valence-electron chi connectivity index (χ2n) is 2.33. The van der Waals surface area contributed by atoms with Crippen molar-refractivity contribution in [3.05, 3.63) is 41.8 Å². The molecule has 0 saturated heterocycles. The van der Waals surface area contributed by atoms with Crippen LogP contribution < -0.4 is 10.6 Å². The van der Waals surface area contributed by atoms with Crippen molar-refractivity contribution in [3.63, 3.8) is 0 Å². The van der Waals surface area contributed by atoms with Crippen molar-refractivity contribution in [2.45, 2.75) is 0 Å². The summed E-state index contributed by atoms with van der Waals surface area (Å²) in [5.41, 5.74) is 3.61. The van der Waals surface area contributed by atoms with Crippen molar-refractivity contribution in [1.82, 2.24) is 5.59 Å². The lowest BCUT2D eigenvalue weighted by Gasteiger charge is -2.12. The molecular weight excluding hydrogens is 176 g/mol. The molecule has 12 heavy (non-hydrogen) atoms. The van der Waals surface area contributed by atoms with E-state index in [2.05, 4.69) is 5.59 Å². The fourth-order valence-electron chi connectivity index (χ4n) is 0.963. The first-order valence-corrected chi connectivity index (χ1v) is 3.88. The molecule has 0 saturated carbocycles. The van der Waals surface area contributed by atoms with Crippen LogP contribution in [0.3, 0.4) is 0 Å². The van der Waals surface area contributed by atoms with Gasteiger partial charge in [-0.1, -0.05) is 23.8 Å². The number of hydrazine groups is 1. The second kappa shape index (κ2) is 3.05. The Labute approximate surface area is 75.1 Å². The smallest absolute Gasteiger partial charge is 0.233 e. The van der Waals surface area contributed by atoms with E-state index in [0.717, 1.165) is 5.69 Å². The maximum atomic E-state index is 5.59. The minimum Gasteiger partial charge on any atom is -0.375 e. The largest absolute Gasteiger partial charge is 0.375 e. The molecule has 1 N–H and O–H groups in total. The van der Waals surface area contributed by atoms with Crippen LogP contribution in [0.1, 0.15) is 0 Å². The maximum absolute atomic E-state index is 5.59. The van der Waals surface area contributed by atoms with Gasteiger partial charge in [0.15, 0.2) is 0 Å². The predicted molar refractivity (Wildman–Crippen MR) is 47.1 cm³/mol. The Balaban J connectivity index is 2.22. The third-order valence-electron chi connectivity index (χ3n) is 1.51. The molecule has 1 aliphatic rings. The molecule has 0 amide bonds. The number of hydrogen-bond donors (Lipinski definition) is 1. The van der Waals surface area contributed by atoms with Gasteiger partial charge in [0, 0.05) is 0 Å². The van der Waals surface area contributed by atoms with E-state index < -0.39 is 0 Å².